The standard InChI is InChI=1S/C30H35NO5/c1-5-15-35-25-14-10-9-13-22(25)27-26(29(33)36-17-16-34-21-11-7-6-8-12-21)20(2)31-23-18-30(3,4)19-24(32)28(23)27/h6-14,27-28H,5,15-19H2,1-4H3. The fourth-order valence-corrected chi connectivity index (χ4v) is 5.16. The largest absolute Gasteiger partial charge is 0.493 e. The number of benzene rings is 2. The van der Waals surface area contributed by atoms with Crippen LogP contribution < -0.4 is 9.47 Å². The van der Waals surface area contributed by atoms with Crippen LogP contribution >= 0.6 is 0 Å². The van der Waals surface area contributed by atoms with Gasteiger partial charge >= 0.3 is 5.97 Å². The van der Waals surface area contributed by atoms with Gasteiger partial charge in [0.25, 0.3) is 0 Å². The SMILES string of the molecule is CCCOc1ccccc1C1C(C(=O)OCCOc2ccccc2)=C(C)N=C2CC(C)(C)CC(=O)C21. The number of para-hydroxylation sites is 2. The molecule has 1 heterocycles. The maximum absolute atomic E-state index is 13.5. The van der Waals surface area contributed by atoms with Gasteiger partial charge in [-0.1, -0.05) is 57.2 Å². The molecule has 1 aliphatic carbocycles. The number of carbonyl (C=O) groups excluding carboxylic acids is 2. The van der Waals surface area contributed by atoms with E-state index in [0.717, 1.165) is 17.7 Å². The third-order valence-electron chi connectivity index (χ3n) is 6.63. The average molecular weight is 490 g/mol. The van der Waals surface area contributed by atoms with Crippen molar-refractivity contribution in [3.05, 3.63) is 71.4 Å². The third kappa shape index (κ3) is 5.69. The normalized spacial score (nSPS) is 20.9. The number of nitrogens with zero attached hydrogens (tertiary/aromatic N) is 1. The fourth-order valence-electron chi connectivity index (χ4n) is 5.16. The van der Waals surface area contributed by atoms with Gasteiger partial charge in [0.05, 0.1) is 18.1 Å². The van der Waals surface area contributed by atoms with Gasteiger partial charge < -0.3 is 14.2 Å². The van der Waals surface area contributed by atoms with Crippen LogP contribution in [0.3, 0.4) is 0 Å². The van der Waals surface area contributed by atoms with Gasteiger partial charge in [0.1, 0.15) is 30.5 Å². The zero-order valence-electron chi connectivity index (χ0n) is 21.6. The molecule has 4 rings (SSSR count). The Morgan fingerprint density at radius 2 is 1.67 bits per heavy atom. The number of Topliss-reactive ketones (excluding diaryl/α,β-unsaturated/α-hetero) is 1. The van der Waals surface area contributed by atoms with E-state index in [4.69, 9.17) is 19.2 Å². The molecule has 2 aromatic carbocycles. The summed E-state index contributed by atoms with van der Waals surface area (Å²) in [6, 6.07) is 17.1. The summed E-state index contributed by atoms with van der Waals surface area (Å²) in [5, 5.41) is 0. The van der Waals surface area contributed by atoms with Crippen molar-refractivity contribution < 1.29 is 23.8 Å². The molecule has 2 atom stereocenters. The first-order chi connectivity index (χ1) is 17.3. The molecule has 1 fully saturated rings. The van der Waals surface area contributed by atoms with E-state index < -0.39 is 17.8 Å². The molecule has 0 N–H and O–H groups in total. The monoisotopic (exact) mass is 489 g/mol. The Morgan fingerprint density at radius 3 is 2.42 bits per heavy atom. The maximum Gasteiger partial charge on any atom is 0.336 e. The van der Waals surface area contributed by atoms with Gasteiger partial charge in [0.2, 0.25) is 0 Å². The second-order valence-corrected chi connectivity index (χ2v) is 10.2. The Labute approximate surface area is 213 Å². The van der Waals surface area contributed by atoms with Gasteiger partial charge in [-0.2, -0.15) is 0 Å². The zero-order chi connectivity index (χ0) is 25.7. The van der Waals surface area contributed by atoms with E-state index in [1.54, 1.807) is 0 Å². The predicted molar refractivity (Wildman–Crippen MR) is 140 cm³/mol. The van der Waals surface area contributed by atoms with Crippen molar-refractivity contribution in [3.8, 4) is 11.5 Å². The first-order valence-corrected chi connectivity index (χ1v) is 12.7. The summed E-state index contributed by atoms with van der Waals surface area (Å²) in [6.45, 7) is 8.93. The summed E-state index contributed by atoms with van der Waals surface area (Å²) in [6.07, 6.45) is 2.01. The van der Waals surface area contributed by atoms with Gasteiger partial charge in [-0.05, 0) is 43.4 Å². The van der Waals surface area contributed by atoms with Crippen molar-refractivity contribution in [2.45, 2.75) is 52.9 Å². The third-order valence-corrected chi connectivity index (χ3v) is 6.63. The summed E-state index contributed by atoms with van der Waals surface area (Å²) in [7, 11) is 0. The lowest BCUT2D eigenvalue weighted by atomic mass is 9.63. The number of ketones is 1. The number of aliphatic imine (C=N–C) groups is 1. The van der Waals surface area contributed by atoms with Gasteiger partial charge in [0, 0.05) is 29.3 Å². The van der Waals surface area contributed by atoms with Crippen molar-refractivity contribution in [3.63, 3.8) is 0 Å². The molecule has 0 bridgehead atoms. The molecule has 2 aliphatic rings. The summed E-state index contributed by atoms with van der Waals surface area (Å²) in [4.78, 5) is 31.8. The molecule has 1 saturated carbocycles. The summed E-state index contributed by atoms with van der Waals surface area (Å²) in [5.41, 5.74) is 2.51. The number of hydrogen-bond acceptors (Lipinski definition) is 6. The molecule has 0 aromatic heterocycles. The lowest BCUT2D eigenvalue weighted by molar-refractivity contribution is -0.140. The van der Waals surface area contributed by atoms with Crippen LogP contribution in [0, 0.1) is 11.3 Å². The highest BCUT2D eigenvalue weighted by atomic mass is 16.6. The molecule has 6 heteroatoms. The van der Waals surface area contributed by atoms with Crippen molar-refractivity contribution in [2.75, 3.05) is 19.8 Å². The quantitative estimate of drug-likeness (QED) is 0.323. The second-order valence-electron chi connectivity index (χ2n) is 10.2. The lowest BCUT2D eigenvalue weighted by Gasteiger charge is -2.41. The van der Waals surface area contributed by atoms with E-state index in [1.807, 2.05) is 68.4 Å². The van der Waals surface area contributed by atoms with Gasteiger partial charge in [-0.25, -0.2) is 4.79 Å². The molecule has 190 valence electrons. The average Bonchev–Trinajstić information content (AvgIpc) is 2.84. The van der Waals surface area contributed by atoms with Gasteiger partial charge in [-0.15, -0.1) is 0 Å². The van der Waals surface area contributed by atoms with E-state index >= 15 is 0 Å². The molecular weight excluding hydrogens is 454 g/mol. The molecule has 2 aromatic rings. The Hall–Kier alpha value is -3.41. The molecule has 1 aliphatic heterocycles. The van der Waals surface area contributed by atoms with E-state index in [-0.39, 0.29) is 24.4 Å². The fraction of sp³-hybridized carbons (Fsp3) is 0.433. The molecule has 0 spiro atoms. The van der Waals surface area contributed by atoms with Crippen molar-refractivity contribution in [2.24, 2.45) is 16.3 Å². The molecular formula is C30H35NO5. The lowest BCUT2D eigenvalue weighted by Crippen LogP contribution is -2.44. The van der Waals surface area contributed by atoms with Crippen LogP contribution in [0.4, 0.5) is 0 Å². The summed E-state index contributed by atoms with van der Waals surface area (Å²) in [5.74, 6) is 0.0261. The van der Waals surface area contributed by atoms with E-state index in [2.05, 4.69) is 13.8 Å². The number of allylic oxidation sites excluding steroid dienone is 1. The Balaban J connectivity index is 1.65. The van der Waals surface area contributed by atoms with Crippen LogP contribution in [0.25, 0.3) is 0 Å². The highest BCUT2D eigenvalue weighted by Gasteiger charge is 2.48. The van der Waals surface area contributed by atoms with Gasteiger partial charge in [-0.3, -0.25) is 9.79 Å². The topological polar surface area (TPSA) is 74.2 Å². The number of rotatable bonds is 9. The summed E-state index contributed by atoms with van der Waals surface area (Å²) < 4.78 is 17.4. The highest BCUT2D eigenvalue weighted by molar-refractivity contribution is 6.12. The van der Waals surface area contributed by atoms with Crippen LogP contribution in [-0.4, -0.2) is 37.3 Å². The number of carbonyl (C=O) groups is 2. The van der Waals surface area contributed by atoms with Gasteiger partial charge in [0.15, 0.2) is 0 Å². The van der Waals surface area contributed by atoms with Crippen LogP contribution in [-0.2, 0) is 14.3 Å². The van der Waals surface area contributed by atoms with Crippen LogP contribution in [0.15, 0.2) is 70.9 Å². The minimum Gasteiger partial charge on any atom is -0.493 e. The Kier molecular flexibility index (Phi) is 7.92. The molecule has 2 unspecified atom stereocenters. The summed E-state index contributed by atoms with van der Waals surface area (Å²) >= 11 is 0. The first kappa shape index (κ1) is 25.7. The van der Waals surface area contributed by atoms with E-state index in [1.165, 1.54) is 0 Å². The first-order valence-electron chi connectivity index (χ1n) is 12.7. The minimum atomic E-state index is -0.503. The Bertz CT molecular complexity index is 1160. The number of fused-ring (bicyclic) bond motifs is 1. The maximum atomic E-state index is 13.5. The van der Waals surface area contributed by atoms with E-state index in [0.29, 0.717) is 42.2 Å². The zero-order valence-corrected chi connectivity index (χ0v) is 21.6. The molecule has 0 amide bonds. The van der Waals surface area contributed by atoms with Crippen LogP contribution in [0.5, 0.6) is 11.5 Å². The molecule has 6 nitrogen and oxygen atoms in total. The number of hydrogen-bond donors (Lipinski definition) is 0. The second kappa shape index (κ2) is 11.1. The predicted octanol–water partition coefficient (Wildman–Crippen LogP) is 5.92. The smallest absolute Gasteiger partial charge is 0.336 e. The van der Waals surface area contributed by atoms with Crippen molar-refractivity contribution >= 4 is 17.5 Å². The Morgan fingerprint density at radius 1 is 0.944 bits per heavy atom. The molecule has 0 radical (unpaired) electrons. The number of esters is 1. The van der Waals surface area contributed by atoms with E-state index in [9.17, 15) is 9.59 Å². The minimum absolute atomic E-state index is 0.0907. The van der Waals surface area contributed by atoms with Crippen LogP contribution in [0.2, 0.25) is 0 Å². The molecule has 36 heavy (non-hydrogen) atoms. The molecule has 0 saturated heterocycles. The van der Waals surface area contributed by atoms with Crippen LogP contribution in [0.1, 0.15) is 58.4 Å². The van der Waals surface area contributed by atoms with Crippen molar-refractivity contribution in [1.29, 1.82) is 0 Å². The van der Waals surface area contributed by atoms with Crippen molar-refractivity contribution in [1.82, 2.24) is 0 Å². The number of ether oxygens (including phenoxy) is 3. The highest BCUT2D eigenvalue weighted by Crippen LogP contribution is 2.48.